The highest BCUT2D eigenvalue weighted by Crippen LogP contribution is 2.22. The lowest BCUT2D eigenvalue weighted by molar-refractivity contribution is 0.0779. The van der Waals surface area contributed by atoms with E-state index in [1.165, 1.54) is 11.3 Å². The molecule has 2 aromatic heterocycles. The third-order valence-corrected chi connectivity index (χ3v) is 4.57. The fraction of sp³-hybridized carbons (Fsp3) is 0.467. The normalized spacial score (nSPS) is 18.1. The highest BCUT2D eigenvalue weighted by molar-refractivity contribution is 7.11. The number of thiazole rings is 1. The molecule has 116 valence electrons. The topological polar surface area (TPSA) is 77.0 Å². The zero-order valence-electron chi connectivity index (χ0n) is 12.4. The minimum atomic E-state index is -0.110. The van der Waals surface area contributed by atoms with Gasteiger partial charge in [0.25, 0.3) is 5.91 Å². The zero-order chi connectivity index (χ0) is 15.4. The van der Waals surface area contributed by atoms with Gasteiger partial charge in [-0.2, -0.15) is 0 Å². The first kappa shape index (κ1) is 15.1. The molecule has 7 heteroatoms. The van der Waals surface area contributed by atoms with Crippen LogP contribution in [0.2, 0.25) is 0 Å². The number of aryl methyl sites for hydroxylation is 1. The van der Waals surface area contributed by atoms with Crippen molar-refractivity contribution in [3.63, 3.8) is 0 Å². The van der Waals surface area contributed by atoms with Crippen LogP contribution in [-0.4, -0.2) is 34.1 Å². The maximum atomic E-state index is 12.1. The molecule has 1 atom stereocenters. The molecule has 0 spiro atoms. The largest absolute Gasteiger partial charge is 0.381 e. The average Bonchev–Trinajstić information content (AvgIpc) is 3.00. The van der Waals surface area contributed by atoms with Crippen LogP contribution < -0.4 is 5.32 Å². The molecule has 0 radical (unpaired) electrons. The Labute approximate surface area is 133 Å². The van der Waals surface area contributed by atoms with Gasteiger partial charge >= 0.3 is 0 Å². The summed E-state index contributed by atoms with van der Waals surface area (Å²) >= 11 is 1.35. The Morgan fingerprint density at radius 3 is 3.14 bits per heavy atom. The summed E-state index contributed by atoms with van der Waals surface area (Å²) in [6.45, 7) is 3.72. The van der Waals surface area contributed by atoms with Gasteiger partial charge in [-0.25, -0.2) is 15.0 Å². The van der Waals surface area contributed by atoms with Gasteiger partial charge in [-0.3, -0.25) is 4.79 Å². The number of hydrogen-bond acceptors (Lipinski definition) is 6. The Morgan fingerprint density at radius 1 is 1.50 bits per heavy atom. The number of rotatable bonds is 4. The van der Waals surface area contributed by atoms with Crippen LogP contribution in [0.5, 0.6) is 0 Å². The number of aromatic nitrogens is 3. The molecule has 3 heterocycles. The van der Waals surface area contributed by atoms with Crippen molar-refractivity contribution in [3.8, 4) is 0 Å². The van der Waals surface area contributed by atoms with E-state index >= 15 is 0 Å². The molecular formula is C15H18N4O2S. The van der Waals surface area contributed by atoms with Gasteiger partial charge in [0.2, 0.25) is 0 Å². The zero-order valence-corrected chi connectivity index (χ0v) is 13.2. The summed E-state index contributed by atoms with van der Waals surface area (Å²) in [5.74, 6) is 0.953. The number of hydrogen-bond donors (Lipinski definition) is 1. The second-order valence-corrected chi connectivity index (χ2v) is 6.12. The lowest BCUT2D eigenvalue weighted by Crippen LogP contribution is -2.24. The number of carbonyl (C=O) groups is 1. The Kier molecular flexibility index (Phi) is 4.74. The van der Waals surface area contributed by atoms with E-state index in [0.717, 1.165) is 36.7 Å². The van der Waals surface area contributed by atoms with Gasteiger partial charge in [0, 0.05) is 18.7 Å². The molecule has 1 N–H and O–H groups in total. The summed E-state index contributed by atoms with van der Waals surface area (Å²) in [6.07, 6.45) is 3.84. The molecule has 1 amide bonds. The van der Waals surface area contributed by atoms with Crippen molar-refractivity contribution < 1.29 is 9.53 Å². The maximum Gasteiger partial charge on any atom is 0.263 e. The van der Waals surface area contributed by atoms with Gasteiger partial charge < -0.3 is 10.1 Å². The van der Waals surface area contributed by atoms with Gasteiger partial charge in [0.05, 0.1) is 30.1 Å². The van der Waals surface area contributed by atoms with E-state index in [4.69, 9.17) is 4.74 Å². The molecular weight excluding hydrogens is 300 g/mol. The lowest BCUT2D eigenvalue weighted by atomic mass is 10.0. The number of nitrogens with one attached hydrogen (secondary N) is 1. The fourth-order valence-electron chi connectivity index (χ4n) is 2.42. The van der Waals surface area contributed by atoms with Crippen LogP contribution in [0.15, 0.2) is 17.8 Å². The van der Waals surface area contributed by atoms with Crippen LogP contribution in [0.25, 0.3) is 0 Å². The highest BCUT2D eigenvalue weighted by atomic mass is 32.1. The van der Waals surface area contributed by atoms with Crippen molar-refractivity contribution in [2.45, 2.75) is 32.2 Å². The standard InChI is InChI=1S/C15H18N4O2S/c1-10-13(22-9-18-10)15(20)17-7-12-4-5-16-14(19-12)11-3-2-6-21-8-11/h4-5,9,11H,2-3,6-8H2,1H3,(H,17,20)/t11-/m1/s1. The minimum Gasteiger partial charge on any atom is -0.381 e. The van der Waals surface area contributed by atoms with Gasteiger partial charge in [-0.15, -0.1) is 11.3 Å². The van der Waals surface area contributed by atoms with Crippen molar-refractivity contribution in [3.05, 3.63) is 39.9 Å². The summed E-state index contributed by atoms with van der Waals surface area (Å²) in [4.78, 5) is 25.7. The van der Waals surface area contributed by atoms with Gasteiger partial charge in [0.15, 0.2) is 0 Å². The van der Waals surface area contributed by atoms with Crippen LogP contribution in [0.1, 0.15) is 45.6 Å². The smallest absolute Gasteiger partial charge is 0.263 e. The van der Waals surface area contributed by atoms with Crippen LogP contribution in [0.4, 0.5) is 0 Å². The number of amides is 1. The van der Waals surface area contributed by atoms with E-state index in [1.54, 1.807) is 11.7 Å². The minimum absolute atomic E-state index is 0.110. The summed E-state index contributed by atoms with van der Waals surface area (Å²) in [5, 5.41) is 2.88. The lowest BCUT2D eigenvalue weighted by Gasteiger charge is -2.20. The van der Waals surface area contributed by atoms with Crippen LogP contribution >= 0.6 is 11.3 Å². The van der Waals surface area contributed by atoms with Gasteiger partial charge in [-0.05, 0) is 25.8 Å². The fourth-order valence-corrected chi connectivity index (χ4v) is 3.14. The second kappa shape index (κ2) is 6.93. The molecule has 3 rings (SSSR count). The first-order valence-corrected chi connectivity index (χ1v) is 8.20. The maximum absolute atomic E-state index is 12.1. The Hall–Kier alpha value is -1.86. The highest BCUT2D eigenvalue weighted by Gasteiger charge is 2.19. The van der Waals surface area contributed by atoms with E-state index in [0.29, 0.717) is 18.0 Å². The molecule has 0 bridgehead atoms. The van der Waals surface area contributed by atoms with Crippen molar-refractivity contribution in [1.82, 2.24) is 20.3 Å². The first-order chi connectivity index (χ1) is 10.7. The SMILES string of the molecule is Cc1ncsc1C(=O)NCc1ccnc([C@@H]2CCCOC2)n1. The molecule has 0 aromatic carbocycles. The average molecular weight is 318 g/mol. The number of carbonyl (C=O) groups excluding carboxylic acids is 1. The summed E-state index contributed by atoms with van der Waals surface area (Å²) < 4.78 is 5.48. The van der Waals surface area contributed by atoms with Gasteiger partial charge in [-0.1, -0.05) is 0 Å². The molecule has 1 aliphatic rings. The van der Waals surface area contributed by atoms with Crippen molar-refractivity contribution in [2.24, 2.45) is 0 Å². The van der Waals surface area contributed by atoms with E-state index in [1.807, 2.05) is 13.0 Å². The Morgan fingerprint density at radius 2 is 2.41 bits per heavy atom. The molecule has 1 saturated heterocycles. The number of nitrogens with zero attached hydrogens (tertiary/aromatic N) is 3. The van der Waals surface area contributed by atoms with E-state index < -0.39 is 0 Å². The van der Waals surface area contributed by atoms with Crippen LogP contribution in [0.3, 0.4) is 0 Å². The molecule has 1 fully saturated rings. The molecule has 0 aliphatic carbocycles. The quantitative estimate of drug-likeness (QED) is 0.934. The van der Waals surface area contributed by atoms with E-state index in [2.05, 4.69) is 20.3 Å². The molecule has 0 unspecified atom stereocenters. The van der Waals surface area contributed by atoms with Crippen molar-refractivity contribution in [2.75, 3.05) is 13.2 Å². The Bertz CT molecular complexity index is 652. The van der Waals surface area contributed by atoms with E-state index in [-0.39, 0.29) is 11.8 Å². The predicted molar refractivity (Wildman–Crippen MR) is 82.8 cm³/mol. The molecule has 1 aliphatic heterocycles. The van der Waals surface area contributed by atoms with E-state index in [9.17, 15) is 4.79 Å². The van der Waals surface area contributed by atoms with Crippen molar-refractivity contribution >= 4 is 17.2 Å². The molecule has 0 saturated carbocycles. The summed E-state index contributed by atoms with van der Waals surface area (Å²) in [7, 11) is 0. The summed E-state index contributed by atoms with van der Waals surface area (Å²) in [5.41, 5.74) is 3.24. The third-order valence-electron chi connectivity index (χ3n) is 3.64. The van der Waals surface area contributed by atoms with Crippen LogP contribution in [0, 0.1) is 6.92 Å². The molecule has 6 nitrogen and oxygen atoms in total. The third kappa shape index (κ3) is 3.48. The monoisotopic (exact) mass is 318 g/mol. The van der Waals surface area contributed by atoms with Crippen LogP contribution in [-0.2, 0) is 11.3 Å². The second-order valence-electron chi connectivity index (χ2n) is 5.27. The van der Waals surface area contributed by atoms with Crippen molar-refractivity contribution in [1.29, 1.82) is 0 Å². The molecule has 2 aromatic rings. The van der Waals surface area contributed by atoms with Gasteiger partial charge in [0.1, 0.15) is 10.7 Å². The summed E-state index contributed by atoms with van der Waals surface area (Å²) in [6, 6.07) is 1.83. The Balaban J connectivity index is 1.63. The first-order valence-electron chi connectivity index (χ1n) is 7.32. The predicted octanol–water partition coefficient (Wildman–Crippen LogP) is 2.07. The number of ether oxygens (including phenoxy) is 1. The molecule has 22 heavy (non-hydrogen) atoms.